The van der Waals surface area contributed by atoms with Gasteiger partial charge >= 0.3 is 5.00 Å². The van der Waals surface area contributed by atoms with E-state index >= 15 is 0 Å². The van der Waals surface area contributed by atoms with Gasteiger partial charge in [0.1, 0.15) is 0 Å². The summed E-state index contributed by atoms with van der Waals surface area (Å²) in [7, 11) is 0. The molecule has 0 radical (unpaired) electrons. The Morgan fingerprint density at radius 1 is 1.65 bits per heavy atom. The number of nitro groups is 1. The lowest BCUT2D eigenvalue weighted by atomic mass is 10.4. The molecule has 0 unspecified atom stereocenters. The minimum Gasteiger partial charge on any atom is -0.351 e. The normalized spacial score (nSPS) is 9.41. The van der Waals surface area contributed by atoms with Crippen molar-refractivity contribution in [3.05, 3.63) is 37.6 Å². The Bertz CT molecular complexity index is 465. The van der Waals surface area contributed by atoms with Crippen LogP contribution in [0.5, 0.6) is 0 Å². The van der Waals surface area contributed by atoms with Crippen molar-refractivity contribution in [2.24, 2.45) is 5.11 Å². The number of carbonyl (C=O) groups is 1. The highest BCUT2D eigenvalue weighted by atomic mass is 32.1. The highest BCUT2D eigenvalue weighted by Crippen LogP contribution is 2.23. The van der Waals surface area contributed by atoms with Crippen molar-refractivity contribution in [2.75, 3.05) is 13.1 Å². The van der Waals surface area contributed by atoms with Crippen LogP contribution < -0.4 is 5.32 Å². The Labute approximate surface area is 100 Å². The van der Waals surface area contributed by atoms with Gasteiger partial charge in [-0.1, -0.05) is 16.5 Å². The average molecular weight is 255 g/mol. The maximum Gasteiger partial charge on any atom is 0.324 e. The summed E-state index contributed by atoms with van der Waals surface area (Å²) in [6.45, 7) is 0.672. The zero-order valence-electron chi connectivity index (χ0n) is 8.70. The number of nitrogens with zero attached hydrogens (tertiary/aromatic N) is 4. The van der Waals surface area contributed by atoms with E-state index in [1.54, 1.807) is 0 Å². The lowest BCUT2D eigenvalue weighted by Gasteiger charge is -2.00. The largest absolute Gasteiger partial charge is 0.351 e. The monoisotopic (exact) mass is 255 g/mol. The smallest absolute Gasteiger partial charge is 0.324 e. The van der Waals surface area contributed by atoms with Crippen molar-refractivity contribution in [1.29, 1.82) is 0 Å². The quantitative estimate of drug-likeness (QED) is 0.209. The summed E-state index contributed by atoms with van der Waals surface area (Å²) in [4.78, 5) is 24.2. The summed E-state index contributed by atoms with van der Waals surface area (Å²) in [5.41, 5.74) is 8.02. The van der Waals surface area contributed by atoms with Crippen LogP contribution >= 0.6 is 11.3 Å². The minimum atomic E-state index is -0.539. The van der Waals surface area contributed by atoms with Crippen LogP contribution in [-0.4, -0.2) is 23.9 Å². The van der Waals surface area contributed by atoms with Gasteiger partial charge in [-0.2, -0.15) is 0 Å². The molecule has 0 aliphatic carbocycles. The van der Waals surface area contributed by atoms with Crippen molar-refractivity contribution in [3.8, 4) is 0 Å². The summed E-state index contributed by atoms with van der Waals surface area (Å²) < 4.78 is 0. The predicted octanol–water partition coefficient (Wildman–Crippen LogP) is 2.09. The zero-order chi connectivity index (χ0) is 12.7. The van der Waals surface area contributed by atoms with Crippen molar-refractivity contribution < 1.29 is 9.72 Å². The van der Waals surface area contributed by atoms with Crippen LogP contribution in [0.2, 0.25) is 0 Å². The van der Waals surface area contributed by atoms with E-state index in [-0.39, 0.29) is 10.9 Å². The van der Waals surface area contributed by atoms with E-state index in [1.807, 2.05) is 0 Å². The maximum atomic E-state index is 11.5. The van der Waals surface area contributed by atoms with Crippen molar-refractivity contribution >= 4 is 22.2 Å². The summed E-state index contributed by atoms with van der Waals surface area (Å²) in [5.74, 6) is -0.357. The van der Waals surface area contributed by atoms with Gasteiger partial charge in [-0.25, -0.2) is 0 Å². The molecule has 1 N–H and O–H groups in total. The van der Waals surface area contributed by atoms with Gasteiger partial charge in [-0.15, -0.1) is 0 Å². The molecule has 0 saturated heterocycles. The van der Waals surface area contributed by atoms with Gasteiger partial charge in [-0.05, 0) is 18.0 Å². The molecule has 0 aromatic carbocycles. The third-order valence-corrected chi connectivity index (χ3v) is 2.81. The molecule has 0 bridgehead atoms. The van der Waals surface area contributed by atoms with Gasteiger partial charge in [0.15, 0.2) is 0 Å². The molecule has 0 aliphatic rings. The van der Waals surface area contributed by atoms with Crippen LogP contribution in [0.4, 0.5) is 5.00 Å². The molecule has 0 fully saturated rings. The Balaban J connectivity index is 2.41. The molecule has 0 atom stereocenters. The molecule has 1 heterocycles. The second kappa shape index (κ2) is 6.46. The second-order valence-corrected chi connectivity index (χ2v) is 4.02. The van der Waals surface area contributed by atoms with E-state index in [2.05, 4.69) is 15.3 Å². The lowest BCUT2D eigenvalue weighted by Crippen LogP contribution is -2.23. The van der Waals surface area contributed by atoms with Gasteiger partial charge in [-0.3, -0.25) is 14.9 Å². The maximum absolute atomic E-state index is 11.5. The fourth-order valence-electron chi connectivity index (χ4n) is 1.03. The molecular formula is C8H9N5O3S. The standard InChI is InChI=1S/C8H9N5O3S/c9-12-11-5-1-4-10-8(14)6-2-3-7(17-6)13(15)16/h2-3H,1,4-5H2,(H,10,14). The van der Waals surface area contributed by atoms with E-state index in [9.17, 15) is 14.9 Å². The molecular weight excluding hydrogens is 246 g/mol. The predicted molar refractivity (Wildman–Crippen MR) is 61.9 cm³/mol. The lowest BCUT2D eigenvalue weighted by molar-refractivity contribution is -0.380. The summed E-state index contributed by atoms with van der Waals surface area (Å²) in [6.07, 6.45) is 0.531. The fraction of sp³-hybridized carbons (Fsp3) is 0.375. The molecule has 1 amide bonds. The van der Waals surface area contributed by atoms with Crippen LogP contribution in [0.15, 0.2) is 17.2 Å². The van der Waals surface area contributed by atoms with Crippen LogP contribution in [-0.2, 0) is 0 Å². The summed E-state index contributed by atoms with van der Waals surface area (Å²) in [6, 6.07) is 2.70. The average Bonchev–Trinajstić information content (AvgIpc) is 2.78. The number of nitrogens with one attached hydrogen (secondary N) is 1. The number of amides is 1. The molecule has 8 nitrogen and oxygen atoms in total. The molecule has 1 aromatic rings. The van der Waals surface area contributed by atoms with E-state index in [4.69, 9.17) is 5.53 Å². The first-order chi connectivity index (χ1) is 8.15. The molecule has 1 aromatic heterocycles. The number of hydrogen-bond donors (Lipinski definition) is 1. The van der Waals surface area contributed by atoms with Gasteiger partial charge in [0.2, 0.25) is 0 Å². The zero-order valence-corrected chi connectivity index (χ0v) is 9.51. The molecule has 9 heteroatoms. The highest BCUT2D eigenvalue weighted by molar-refractivity contribution is 7.17. The number of carbonyl (C=O) groups excluding carboxylic acids is 1. The van der Waals surface area contributed by atoms with Gasteiger partial charge < -0.3 is 5.32 Å². The Morgan fingerprint density at radius 2 is 2.41 bits per heavy atom. The molecule has 0 saturated carbocycles. The number of hydrogen-bond acceptors (Lipinski definition) is 5. The second-order valence-electron chi connectivity index (χ2n) is 2.96. The Kier molecular flexibility index (Phi) is 4.92. The van der Waals surface area contributed by atoms with Crippen molar-refractivity contribution in [1.82, 2.24) is 5.32 Å². The van der Waals surface area contributed by atoms with Crippen molar-refractivity contribution in [3.63, 3.8) is 0 Å². The SMILES string of the molecule is [N-]=[N+]=NCCCNC(=O)c1ccc([N+](=O)[O-])s1. The highest BCUT2D eigenvalue weighted by Gasteiger charge is 2.14. The molecule has 0 aliphatic heterocycles. The van der Waals surface area contributed by atoms with Crippen molar-refractivity contribution in [2.45, 2.75) is 6.42 Å². The summed E-state index contributed by atoms with van der Waals surface area (Å²) >= 11 is 0.824. The molecule has 0 spiro atoms. The number of rotatable bonds is 6. The molecule has 1 rings (SSSR count). The first-order valence-electron chi connectivity index (χ1n) is 4.68. The molecule has 90 valence electrons. The van der Waals surface area contributed by atoms with Gasteiger partial charge in [0.25, 0.3) is 5.91 Å². The Morgan fingerprint density at radius 3 is 3.00 bits per heavy atom. The van der Waals surface area contributed by atoms with E-state index in [0.29, 0.717) is 24.4 Å². The van der Waals surface area contributed by atoms with Crippen LogP contribution in [0.25, 0.3) is 10.4 Å². The van der Waals surface area contributed by atoms with Crippen LogP contribution in [0, 0.1) is 10.1 Å². The first-order valence-corrected chi connectivity index (χ1v) is 5.50. The number of thiophene rings is 1. The third-order valence-electron chi connectivity index (χ3n) is 1.78. The number of azide groups is 1. The first kappa shape index (κ1) is 12.9. The van der Waals surface area contributed by atoms with Crippen LogP contribution in [0.1, 0.15) is 16.1 Å². The fourth-order valence-corrected chi connectivity index (χ4v) is 1.77. The van der Waals surface area contributed by atoms with E-state index < -0.39 is 4.92 Å². The topological polar surface area (TPSA) is 121 Å². The summed E-state index contributed by atoms with van der Waals surface area (Å²) in [5, 5.41) is 16.2. The van der Waals surface area contributed by atoms with Gasteiger partial charge in [0, 0.05) is 24.1 Å². The van der Waals surface area contributed by atoms with E-state index in [1.165, 1.54) is 12.1 Å². The minimum absolute atomic E-state index is 0.0655. The Hall–Kier alpha value is -2.12. The van der Waals surface area contributed by atoms with Gasteiger partial charge in [0.05, 0.1) is 9.80 Å². The third kappa shape index (κ3) is 4.09. The van der Waals surface area contributed by atoms with Crippen LogP contribution in [0.3, 0.4) is 0 Å². The molecule has 17 heavy (non-hydrogen) atoms. The van der Waals surface area contributed by atoms with E-state index in [0.717, 1.165) is 11.3 Å².